The monoisotopic (exact) mass is 450 g/mol. The van der Waals surface area contributed by atoms with Crippen molar-refractivity contribution in [1.29, 1.82) is 0 Å². The number of carbonyl (C=O) groups excluding carboxylic acids is 1. The number of fused-ring (bicyclic) bond motifs is 1. The summed E-state index contributed by atoms with van der Waals surface area (Å²) in [5.41, 5.74) is 2.69. The van der Waals surface area contributed by atoms with Crippen molar-refractivity contribution in [2.75, 3.05) is 26.6 Å². The van der Waals surface area contributed by atoms with Gasteiger partial charge >= 0.3 is 0 Å². The first-order chi connectivity index (χ1) is 16.1. The van der Waals surface area contributed by atoms with Crippen molar-refractivity contribution < 1.29 is 19.0 Å². The van der Waals surface area contributed by atoms with Crippen molar-refractivity contribution in [3.63, 3.8) is 0 Å². The van der Waals surface area contributed by atoms with Crippen LogP contribution >= 0.6 is 0 Å². The molecule has 0 fully saturated rings. The third kappa shape index (κ3) is 5.10. The van der Waals surface area contributed by atoms with Crippen molar-refractivity contribution in [2.24, 2.45) is 0 Å². The molecule has 0 saturated carbocycles. The van der Waals surface area contributed by atoms with Crippen LogP contribution < -0.4 is 19.5 Å². The zero-order valence-electron chi connectivity index (χ0n) is 19.4. The SMILES string of the molecule is COc1cc(CCC(=O)Nc2ccc(-c3nnc4n3CCCCC4)cc2)cc(OC)c1OC. The summed E-state index contributed by atoms with van der Waals surface area (Å²) in [6.07, 6.45) is 5.40. The van der Waals surface area contributed by atoms with Crippen LogP contribution in [0.15, 0.2) is 36.4 Å². The van der Waals surface area contributed by atoms with Crippen LogP contribution in [0.25, 0.3) is 11.4 Å². The Hall–Kier alpha value is -3.55. The highest BCUT2D eigenvalue weighted by molar-refractivity contribution is 5.91. The summed E-state index contributed by atoms with van der Waals surface area (Å²) in [4.78, 5) is 12.5. The molecule has 0 spiro atoms. The van der Waals surface area contributed by atoms with E-state index in [1.165, 1.54) is 12.8 Å². The normalized spacial score (nSPS) is 13.1. The molecule has 0 unspecified atom stereocenters. The van der Waals surface area contributed by atoms with Crippen LogP contribution in [0, 0.1) is 0 Å². The van der Waals surface area contributed by atoms with E-state index in [-0.39, 0.29) is 5.91 Å². The van der Waals surface area contributed by atoms with Gasteiger partial charge in [-0.15, -0.1) is 10.2 Å². The Balaban J connectivity index is 1.38. The van der Waals surface area contributed by atoms with E-state index in [4.69, 9.17) is 14.2 Å². The van der Waals surface area contributed by atoms with E-state index >= 15 is 0 Å². The van der Waals surface area contributed by atoms with Crippen LogP contribution in [0.2, 0.25) is 0 Å². The molecule has 33 heavy (non-hydrogen) atoms. The van der Waals surface area contributed by atoms with Crippen molar-refractivity contribution >= 4 is 11.6 Å². The van der Waals surface area contributed by atoms with Gasteiger partial charge in [0, 0.05) is 30.6 Å². The lowest BCUT2D eigenvalue weighted by molar-refractivity contribution is -0.116. The van der Waals surface area contributed by atoms with Gasteiger partial charge < -0.3 is 24.1 Å². The summed E-state index contributed by atoms with van der Waals surface area (Å²) < 4.78 is 18.3. The molecule has 4 rings (SSSR count). The Morgan fingerprint density at radius 3 is 2.36 bits per heavy atom. The number of aryl methyl sites for hydroxylation is 2. The smallest absolute Gasteiger partial charge is 0.224 e. The average Bonchev–Trinajstić information content (AvgIpc) is 3.10. The Kier molecular flexibility index (Phi) is 7.12. The molecular formula is C25H30N4O4. The fourth-order valence-electron chi connectivity index (χ4n) is 4.16. The highest BCUT2D eigenvalue weighted by Gasteiger charge is 2.16. The van der Waals surface area contributed by atoms with Gasteiger partial charge in [-0.05, 0) is 61.2 Å². The molecule has 1 aromatic heterocycles. The predicted molar refractivity (Wildman–Crippen MR) is 126 cm³/mol. The van der Waals surface area contributed by atoms with E-state index in [0.29, 0.717) is 30.1 Å². The summed E-state index contributed by atoms with van der Waals surface area (Å²) in [6.45, 7) is 0.955. The van der Waals surface area contributed by atoms with Crippen LogP contribution in [-0.4, -0.2) is 42.0 Å². The summed E-state index contributed by atoms with van der Waals surface area (Å²) in [5.74, 6) is 3.59. The molecule has 0 radical (unpaired) electrons. The van der Waals surface area contributed by atoms with E-state index < -0.39 is 0 Å². The summed E-state index contributed by atoms with van der Waals surface area (Å²) in [5, 5.41) is 11.7. The molecule has 0 atom stereocenters. The van der Waals surface area contributed by atoms with E-state index in [2.05, 4.69) is 20.1 Å². The lowest BCUT2D eigenvalue weighted by Crippen LogP contribution is -2.12. The van der Waals surface area contributed by atoms with Gasteiger partial charge in [-0.1, -0.05) is 6.42 Å². The molecule has 1 amide bonds. The molecule has 1 aliphatic rings. The minimum Gasteiger partial charge on any atom is -0.493 e. The maximum absolute atomic E-state index is 12.5. The first-order valence-electron chi connectivity index (χ1n) is 11.2. The second-order valence-electron chi connectivity index (χ2n) is 8.06. The summed E-state index contributed by atoms with van der Waals surface area (Å²) in [7, 11) is 4.72. The molecule has 0 saturated heterocycles. The van der Waals surface area contributed by atoms with Gasteiger partial charge in [0.2, 0.25) is 11.7 Å². The number of carbonyl (C=O) groups is 1. The fourth-order valence-corrected chi connectivity index (χ4v) is 4.16. The summed E-state index contributed by atoms with van der Waals surface area (Å²) in [6, 6.07) is 11.5. The van der Waals surface area contributed by atoms with Crippen molar-refractivity contribution in [3.8, 4) is 28.6 Å². The number of aromatic nitrogens is 3. The molecular weight excluding hydrogens is 420 g/mol. The van der Waals surface area contributed by atoms with Crippen LogP contribution in [0.4, 0.5) is 5.69 Å². The van der Waals surface area contributed by atoms with E-state index in [1.807, 2.05) is 36.4 Å². The molecule has 8 nitrogen and oxygen atoms in total. The quantitative estimate of drug-likeness (QED) is 0.552. The Morgan fingerprint density at radius 2 is 1.70 bits per heavy atom. The maximum Gasteiger partial charge on any atom is 0.224 e. The molecule has 3 aromatic rings. The van der Waals surface area contributed by atoms with Gasteiger partial charge in [0.15, 0.2) is 17.3 Å². The number of rotatable bonds is 8. The lowest BCUT2D eigenvalue weighted by atomic mass is 10.1. The van der Waals surface area contributed by atoms with E-state index in [0.717, 1.165) is 47.8 Å². The largest absolute Gasteiger partial charge is 0.493 e. The number of hydrogen-bond donors (Lipinski definition) is 1. The minimum absolute atomic E-state index is 0.0622. The number of hydrogen-bond acceptors (Lipinski definition) is 6. The van der Waals surface area contributed by atoms with Crippen LogP contribution in [-0.2, 0) is 24.2 Å². The Morgan fingerprint density at radius 1 is 0.970 bits per heavy atom. The van der Waals surface area contributed by atoms with Gasteiger partial charge in [0.05, 0.1) is 21.3 Å². The topological polar surface area (TPSA) is 87.5 Å². The third-order valence-corrected chi connectivity index (χ3v) is 5.90. The Labute approximate surface area is 193 Å². The number of ether oxygens (including phenoxy) is 3. The second-order valence-corrected chi connectivity index (χ2v) is 8.06. The zero-order chi connectivity index (χ0) is 23.2. The number of amides is 1. The van der Waals surface area contributed by atoms with Crippen molar-refractivity contribution in [2.45, 2.75) is 45.1 Å². The lowest BCUT2D eigenvalue weighted by Gasteiger charge is -2.14. The Bertz CT molecular complexity index is 1080. The summed E-state index contributed by atoms with van der Waals surface area (Å²) >= 11 is 0. The molecule has 1 aliphatic heterocycles. The highest BCUT2D eigenvalue weighted by Crippen LogP contribution is 2.38. The van der Waals surface area contributed by atoms with Gasteiger partial charge in [-0.3, -0.25) is 4.79 Å². The molecule has 8 heteroatoms. The molecule has 174 valence electrons. The van der Waals surface area contributed by atoms with Crippen molar-refractivity contribution in [3.05, 3.63) is 47.8 Å². The van der Waals surface area contributed by atoms with E-state index in [1.54, 1.807) is 21.3 Å². The third-order valence-electron chi connectivity index (χ3n) is 5.90. The molecule has 2 heterocycles. The molecule has 0 bridgehead atoms. The van der Waals surface area contributed by atoms with Crippen LogP contribution in [0.3, 0.4) is 0 Å². The van der Waals surface area contributed by atoms with Crippen LogP contribution in [0.5, 0.6) is 17.2 Å². The standard InChI is InChI=1S/C25H30N4O4/c1-31-20-15-17(16-21(32-2)24(20)33-3)8-13-23(30)26-19-11-9-18(10-12-19)25-28-27-22-7-5-4-6-14-29(22)25/h9-12,15-16H,4-8,13-14H2,1-3H3,(H,26,30). The number of nitrogens with zero attached hydrogens (tertiary/aromatic N) is 3. The number of anilines is 1. The van der Waals surface area contributed by atoms with Gasteiger partial charge in [0.1, 0.15) is 5.82 Å². The fraction of sp³-hybridized carbons (Fsp3) is 0.400. The average molecular weight is 451 g/mol. The van der Waals surface area contributed by atoms with Gasteiger partial charge in [-0.2, -0.15) is 0 Å². The van der Waals surface area contributed by atoms with E-state index in [9.17, 15) is 4.79 Å². The van der Waals surface area contributed by atoms with Crippen molar-refractivity contribution in [1.82, 2.24) is 14.8 Å². The minimum atomic E-state index is -0.0622. The van der Waals surface area contributed by atoms with Crippen LogP contribution in [0.1, 0.15) is 37.1 Å². The second kappa shape index (κ2) is 10.4. The highest BCUT2D eigenvalue weighted by atomic mass is 16.5. The molecule has 2 aromatic carbocycles. The number of nitrogens with one attached hydrogen (secondary N) is 1. The maximum atomic E-state index is 12.5. The predicted octanol–water partition coefficient (Wildman–Crippen LogP) is 4.27. The molecule has 1 N–H and O–H groups in total. The zero-order valence-corrected chi connectivity index (χ0v) is 19.4. The van der Waals surface area contributed by atoms with Gasteiger partial charge in [-0.25, -0.2) is 0 Å². The van der Waals surface area contributed by atoms with Gasteiger partial charge in [0.25, 0.3) is 0 Å². The molecule has 0 aliphatic carbocycles. The first kappa shape index (κ1) is 22.6. The number of benzene rings is 2. The number of methoxy groups -OCH3 is 3. The first-order valence-corrected chi connectivity index (χ1v) is 11.2.